The Kier molecular flexibility index (Phi) is 12.3. The highest BCUT2D eigenvalue weighted by Gasteiger charge is 2.27. The van der Waals surface area contributed by atoms with Crippen molar-refractivity contribution in [3.63, 3.8) is 0 Å². The molecule has 0 aliphatic rings. The largest absolute Gasteiger partial charge is 0.356 e. The third-order valence-corrected chi connectivity index (χ3v) is 4.62. The molecule has 0 saturated carbocycles. The van der Waals surface area contributed by atoms with Crippen LogP contribution in [0.5, 0.6) is 0 Å². The fraction of sp³-hybridized carbons (Fsp3) is 0.529. The van der Waals surface area contributed by atoms with Crippen molar-refractivity contribution in [3.8, 4) is 0 Å². The van der Waals surface area contributed by atoms with Crippen LogP contribution >= 0.6 is 47.3 Å². The average molecular weight is 499 g/mol. The van der Waals surface area contributed by atoms with E-state index in [2.05, 4.69) is 20.9 Å². The van der Waals surface area contributed by atoms with E-state index in [1.807, 2.05) is 45.0 Å². The minimum absolute atomic E-state index is 0. The second-order valence-corrected chi connectivity index (χ2v) is 7.50. The van der Waals surface area contributed by atoms with Crippen molar-refractivity contribution in [1.82, 2.24) is 16.0 Å². The molecule has 0 atom stereocenters. The highest BCUT2D eigenvalue weighted by atomic mass is 127. The standard InChI is InChI=1S/C17H27ClN4OS.HI/c1-5-20-15(23)17(2,3)12-22-16(19-4)21-10-11-24-14-8-6-13(18)7-9-14;/h6-9H,5,10-12H2,1-4H3,(H,20,23)(H2,19,21,22);1H. The Balaban J connectivity index is 0.00000576. The molecule has 8 heteroatoms. The first-order valence-corrected chi connectivity index (χ1v) is 9.36. The molecule has 0 aromatic heterocycles. The number of carbonyl (C=O) groups excluding carboxylic acids is 1. The molecule has 142 valence electrons. The van der Waals surface area contributed by atoms with Crippen LogP contribution in [0.15, 0.2) is 34.2 Å². The summed E-state index contributed by atoms with van der Waals surface area (Å²) < 4.78 is 0. The van der Waals surface area contributed by atoms with Gasteiger partial charge in [0.05, 0.1) is 5.41 Å². The van der Waals surface area contributed by atoms with Crippen LogP contribution in [-0.4, -0.2) is 44.3 Å². The Morgan fingerprint density at radius 1 is 1.20 bits per heavy atom. The van der Waals surface area contributed by atoms with E-state index in [9.17, 15) is 4.79 Å². The Labute approximate surface area is 177 Å². The number of thioether (sulfide) groups is 1. The molecule has 25 heavy (non-hydrogen) atoms. The lowest BCUT2D eigenvalue weighted by molar-refractivity contribution is -0.128. The lowest BCUT2D eigenvalue weighted by Gasteiger charge is -2.24. The van der Waals surface area contributed by atoms with Crippen LogP contribution in [-0.2, 0) is 4.79 Å². The fourth-order valence-electron chi connectivity index (χ4n) is 1.87. The van der Waals surface area contributed by atoms with E-state index >= 15 is 0 Å². The van der Waals surface area contributed by atoms with Gasteiger partial charge in [-0.25, -0.2) is 0 Å². The molecule has 1 rings (SSSR count). The van der Waals surface area contributed by atoms with Gasteiger partial charge in [-0.15, -0.1) is 35.7 Å². The summed E-state index contributed by atoms with van der Waals surface area (Å²) in [4.78, 5) is 17.4. The van der Waals surface area contributed by atoms with Crippen LogP contribution in [0.3, 0.4) is 0 Å². The zero-order valence-electron chi connectivity index (χ0n) is 15.2. The van der Waals surface area contributed by atoms with E-state index in [-0.39, 0.29) is 29.9 Å². The first-order chi connectivity index (χ1) is 11.4. The monoisotopic (exact) mass is 498 g/mol. The van der Waals surface area contributed by atoms with E-state index in [4.69, 9.17) is 11.6 Å². The minimum atomic E-state index is -0.494. The van der Waals surface area contributed by atoms with Crippen molar-refractivity contribution in [2.45, 2.75) is 25.7 Å². The molecule has 0 radical (unpaired) electrons. The summed E-state index contributed by atoms with van der Waals surface area (Å²) in [6.45, 7) is 7.66. The normalized spacial score (nSPS) is 11.5. The van der Waals surface area contributed by atoms with Crippen molar-refractivity contribution in [2.75, 3.05) is 32.4 Å². The third kappa shape index (κ3) is 9.55. The highest BCUT2D eigenvalue weighted by molar-refractivity contribution is 14.0. The van der Waals surface area contributed by atoms with Gasteiger partial charge in [0.25, 0.3) is 0 Å². The van der Waals surface area contributed by atoms with Gasteiger partial charge in [0.2, 0.25) is 5.91 Å². The predicted octanol–water partition coefficient (Wildman–Crippen LogP) is 3.38. The number of nitrogens with zero attached hydrogens (tertiary/aromatic N) is 1. The fourth-order valence-corrected chi connectivity index (χ4v) is 2.77. The van der Waals surface area contributed by atoms with Gasteiger partial charge in [0.15, 0.2) is 5.96 Å². The number of halogens is 2. The molecule has 0 saturated heterocycles. The Morgan fingerprint density at radius 2 is 1.84 bits per heavy atom. The number of guanidine groups is 1. The van der Waals surface area contributed by atoms with E-state index in [1.54, 1.807) is 18.8 Å². The summed E-state index contributed by atoms with van der Waals surface area (Å²) in [6.07, 6.45) is 0. The van der Waals surface area contributed by atoms with Crippen LogP contribution in [0, 0.1) is 5.41 Å². The molecule has 0 unspecified atom stereocenters. The molecule has 0 heterocycles. The Bertz CT molecular complexity index is 552. The van der Waals surface area contributed by atoms with E-state index in [0.29, 0.717) is 19.0 Å². The predicted molar refractivity (Wildman–Crippen MR) is 119 cm³/mol. The maximum atomic E-state index is 12.0. The van der Waals surface area contributed by atoms with Gasteiger partial charge in [-0.2, -0.15) is 0 Å². The molecule has 0 aliphatic carbocycles. The third-order valence-electron chi connectivity index (χ3n) is 3.35. The highest BCUT2D eigenvalue weighted by Crippen LogP contribution is 2.19. The average Bonchev–Trinajstić information content (AvgIpc) is 2.56. The number of hydrogen-bond acceptors (Lipinski definition) is 3. The molecule has 0 spiro atoms. The molecular formula is C17H28ClIN4OS. The quantitative estimate of drug-likeness (QED) is 0.169. The number of hydrogen-bond donors (Lipinski definition) is 3. The first kappa shape index (κ1) is 24.3. The van der Waals surface area contributed by atoms with E-state index in [0.717, 1.165) is 17.3 Å². The number of benzene rings is 1. The maximum Gasteiger partial charge on any atom is 0.227 e. The molecule has 3 N–H and O–H groups in total. The number of aliphatic imine (C=N–C) groups is 1. The molecule has 1 amide bonds. The molecule has 0 fully saturated rings. The van der Waals surface area contributed by atoms with Crippen LogP contribution in [0.25, 0.3) is 0 Å². The second-order valence-electron chi connectivity index (χ2n) is 5.90. The zero-order chi connectivity index (χ0) is 18.0. The van der Waals surface area contributed by atoms with Gasteiger partial charge in [-0.05, 0) is 45.0 Å². The molecule has 5 nitrogen and oxygen atoms in total. The smallest absolute Gasteiger partial charge is 0.227 e. The Morgan fingerprint density at radius 3 is 2.40 bits per heavy atom. The van der Waals surface area contributed by atoms with Crippen molar-refractivity contribution in [1.29, 1.82) is 0 Å². The van der Waals surface area contributed by atoms with Crippen molar-refractivity contribution in [3.05, 3.63) is 29.3 Å². The Hall–Kier alpha value is -0.670. The van der Waals surface area contributed by atoms with Crippen LogP contribution in [0.2, 0.25) is 5.02 Å². The lowest BCUT2D eigenvalue weighted by atomic mass is 9.92. The SMILES string of the molecule is CCNC(=O)C(C)(C)CNC(=NC)NCCSc1ccc(Cl)cc1.I. The topological polar surface area (TPSA) is 65.5 Å². The van der Waals surface area contributed by atoms with Gasteiger partial charge >= 0.3 is 0 Å². The summed E-state index contributed by atoms with van der Waals surface area (Å²) in [6, 6.07) is 7.80. The van der Waals surface area contributed by atoms with Gasteiger partial charge in [-0.1, -0.05) is 11.6 Å². The van der Waals surface area contributed by atoms with Crippen molar-refractivity contribution < 1.29 is 4.79 Å². The van der Waals surface area contributed by atoms with Gasteiger partial charge in [0, 0.05) is 42.4 Å². The number of amides is 1. The van der Waals surface area contributed by atoms with Crippen molar-refractivity contribution >= 4 is 59.2 Å². The number of carbonyl (C=O) groups is 1. The molecule has 0 bridgehead atoms. The summed E-state index contributed by atoms with van der Waals surface area (Å²) in [5.74, 6) is 1.64. The lowest BCUT2D eigenvalue weighted by Crippen LogP contribution is -2.48. The van der Waals surface area contributed by atoms with E-state index < -0.39 is 5.41 Å². The molecule has 1 aromatic carbocycles. The summed E-state index contributed by atoms with van der Waals surface area (Å²) in [5, 5.41) is 10.1. The molecule has 0 aliphatic heterocycles. The molecular weight excluding hydrogens is 471 g/mol. The zero-order valence-corrected chi connectivity index (χ0v) is 19.1. The summed E-state index contributed by atoms with van der Waals surface area (Å²) in [7, 11) is 1.72. The van der Waals surface area contributed by atoms with Gasteiger partial charge in [-0.3, -0.25) is 9.79 Å². The first-order valence-electron chi connectivity index (χ1n) is 8.00. The van der Waals surface area contributed by atoms with Crippen LogP contribution < -0.4 is 16.0 Å². The minimum Gasteiger partial charge on any atom is -0.356 e. The maximum absolute atomic E-state index is 12.0. The van der Waals surface area contributed by atoms with E-state index in [1.165, 1.54) is 4.90 Å². The summed E-state index contributed by atoms with van der Waals surface area (Å²) >= 11 is 7.62. The number of rotatable bonds is 8. The van der Waals surface area contributed by atoms with Crippen molar-refractivity contribution in [2.24, 2.45) is 10.4 Å². The summed E-state index contributed by atoms with van der Waals surface area (Å²) in [5.41, 5.74) is -0.494. The molecule has 1 aromatic rings. The van der Waals surface area contributed by atoms with Gasteiger partial charge < -0.3 is 16.0 Å². The van der Waals surface area contributed by atoms with Gasteiger partial charge in [0.1, 0.15) is 0 Å². The van der Waals surface area contributed by atoms with Crippen LogP contribution in [0.4, 0.5) is 0 Å². The number of nitrogens with one attached hydrogen (secondary N) is 3. The van der Waals surface area contributed by atoms with Crippen LogP contribution in [0.1, 0.15) is 20.8 Å². The second kappa shape index (κ2) is 12.6.